The quantitative estimate of drug-likeness (QED) is 0.664. The smallest absolute Gasteiger partial charge is 0.343 e. The van der Waals surface area contributed by atoms with Crippen LogP contribution in [0.15, 0.2) is 30.3 Å². The number of aliphatic hydroxyl groups is 1. The van der Waals surface area contributed by atoms with Gasteiger partial charge in [-0.1, -0.05) is 49.6 Å². The van der Waals surface area contributed by atoms with E-state index in [4.69, 9.17) is 4.74 Å². The molecule has 1 aliphatic carbocycles. The molecule has 1 aromatic carbocycles. The normalized spacial score (nSPS) is 34.2. The van der Waals surface area contributed by atoms with Gasteiger partial charge in [0.05, 0.1) is 20.1 Å². The van der Waals surface area contributed by atoms with E-state index in [1.807, 2.05) is 30.3 Å². The van der Waals surface area contributed by atoms with Crippen LogP contribution in [0.25, 0.3) is 0 Å². The van der Waals surface area contributed by atoms with Crippen molar-refractivity contribution in [2.24, 2.45) is 11.8 Å². The number of quaternary nitrogens is 1. The molecule has 3 heterocycles. The molecule has 3 saturated heterocycles. The van der Waals surface area contributed by atoms with Gasteiger partial charge < -0.3 is 14.3 Å². The Labute approximate surface area is 156 Å². The van der Waals surface area contributed by atoms with Crippen LogP contribution in [0, 0.1) is 11.8 Å². The van der Waals surface area contributed by atoms with Crippen molar-refractivity contribution in [2.75, 3.05) is 26.7 Å². The van der Waals surface area contributed by atoms with E-state index in [1.54, 1.807) is 0 Å². The molecule has 4 heteroatoms. The third kappa shape index (κ3) is 3.18. The third-order valence-corrected chi connectivity index (χ3v) is 7.21. The molecule has 2 atom stereocenters. The van der Waals surface area contributed by atoms with Crippen LogP contribution in [0.2, 0.25) is 0 Å². The van der Waals surface area contributed by atoms with Gasteiger partial charge in [-0.3, -0.25) is 0 Å². The number of hydrogen-bond donors (Lipinski definition) is 1. The maximum atomic E-state index is 13.3. The molecular weight excluding hydrogens is 326 g/mol. The largest absolute Gasteiger partial charge is 0.454 e. The molecule has 0 aromatic heterocycles. The van der Waals surface area contributed by atoms with Gasteiger partial charge >= 0.3 is 5.97 Å². The maximum absolute atomic E-state index is 13.3. The molecule has 26 heavy (non-hydrogen) atoms. The molecule has 1 N–H and O–H groups in total. The predicted molar refractivity (Wildman–Crippen MR) is 100 cm³/mol. The standard InChI is InChI=1S/C22H32NO3/c1-23-14-12-17(13-15-23)20(16-23)26-21(24)22(25,18-8-4-2-5-9-18)19-10-6-3-7-11-19/h2,4-5,8-9,17,19-20,25H,3,6-7,10-16H2,1H3/q+1. The summed E-state index contributed by atoms with van der Waals surface area (Å²) >= 11 is 0. The van der Waals surface area contributed by atoms with E-state index in [0.717, 1.165) is 49.6 Å². The first-order valence-corrected chi connectivity index (χ1v) is 10.3. The summed E-state index contributed by atoms with van der Waals surface area (Å²) in [5.41, 5.74) is -0.815. The lowest BCUT2D eigenvalue weighted by atomic mass is 9.73. The maximum Gasteiger partial charge on any atom is 0.343 e. The average Bonchev–Trinajstić information content (AvgIpc) is 2.69. The molecule has 2 unspecified atom stereocenters. The van der Waals surface area contributed by atoms with Crippen molar-refractivity contribution in [1.82, 2.24) is 0 Å². The second-order valence-corrected chi connectivity index (χ2v) is 9.00. The Hall–Kier alpha value is -1.39. The van der Waals surface area contributed by atoms with Gasteiger partial charge in [-0.15, -0.1) is 0 Å². The Morgan fingerprint density at radius 3 is 2.35 bits per heavy atom. The van der Waals surface area contributed by atoms with Crippen LogP contribution in [-0.4, -0.2) is 48.3 Å². The molecule has 1 aromatic rings. The zero-order chi connectivity index (χ0) is 18.2. The van der Waals surface area contributed by atoms with Crippen molar-refractivity contribution in [3.05, 3.63) is 35.9 Å². The van der Waals surface area contributed by atoms with Crippen LogP contribution < -0.4 is 0 Å². The van der Waals surface area contributed by atoms with E-state index in [2.05, 4.69) is 7.05 Å². The van der Waals surface area contributed by atoms with E-state index in [1.165, 1.54) is 19.5 Å². The van der Waals surface area contributed by atoms with Gasteiger partial charge in [0.25, 0.3) is 0 Å². The minimum atomic E-state index is -1.51. The Kier molecular flexibility index (Phi) is 4.83. The van der Waals surface area contributed by atoms with E-state index >= 15 is 0 Å². The van der Waals surface area contributed by atoms with Crippen molar-refractivity contribution < 1.29 is 19.1 Å². The third-order valence-electron chi connectivity index (χ3n) is 7.21. The van der Waals surface area contributed by atoms with Crippen LogP contribution >= 0.6 is 0 Å². The second-order valence-electron chi connectivity index (χ2n) is 9.00. The number of likely N-dealkylation sites (N-methyl/N-ethyl adjacent to an activating group) is 1. The molecular formula is C22H32NO3+. The van der Waals surface area contributed by atoms with Crippen LogP contribution in [0.5, 0.6) is 0 Å². The summed E-state index contributed by atoms with van der Waals surface area (Å²) in [6, 6.07) is 9.48. The lowest BCUT2D eigenvalue weighted by molar-refractivity contribution is -0.928. The Morgan fingerprint density at radius 1 is 1.08 bits per heavy atom. The lowest BCUT2D eigenvalue weighted by Crippen LogP contribution is -2.63. The monoisotopic (exact) mass is 358 g/mol. The summed E-state index contributed by atoms with van der Waals surface area (Å²) in [6.07, 6.45) is 7.33. The van der Waals surface area contributed by atoms with Crippen molar-refractivity contribution in [1.29, 1.82) is 0 Å². The molecule has 5 rings (SSSR count). The lowest BCUT2D eigenvalue weighted by Gasteiger charge is -2.50. The molecule has 0 spiro atoms. The SMILES string of the molecule is C[N+]12CCC(CC1)C(OC(=O)C(O)(c1ccccc1)C1CCCCC1)C2. The summed E-state index contributed by atoms with van der Waals surface area (Å²) in [5.74, 6) is 0.00299. The van der Waals surface area contributed by atoms with Crippen molar-refractivity contribution >= 4 is 5.97 Å². The van der Waals surface area contributed by atoms with E-state index in [9.17, 15) is 9.90 Å². The average molecular weight is 359 g/mol. The number of benzene rings is 1. The zero-order valence-electron chi connectivity index (χ0n) is 15.9. The fraction of sp³-hybridized carbons (Fsp3) is 0.682. The van der Waals surface area contributed by atoms with Crippen molar-refractivity contribution in [3.8, 4) is 0 Å². The number of piperidine rings is 3. The highest BCUT2D eigenvalue weighted by Crippen LogP contribution is 2.42. The summed E-state index contributed by atoms with van der Waals surface area (Å²) in [4.78, 5) is 13.3. The highest BCUT2D eigenvalue weighted by Gasteiger charge is 2.51. The number of carbonyl (C=O) groups excluding carboxylic acids is 1. The van der Waals surface area contributed by atoms with E-state index in [-0.39, 0.29) is 12.0 Å². The Bertz CT molecular complexity index is 632. The van der Waals surface area contributed by atoms with Crippen LogP contribution in [0.4, 0.5) is 0 Å². The van der Waals surface area contributed by atoms with Crippen molar-refractivity contribution in [3.63, 3.8) is 0 Å². The first-order valence-electron chi connectivity index (χ1n) is 10.3. The first kappa shape index (κ1) is 18.0. The van der Waals surface area contributed by atoms with Gasteiger partial charge in [0, 0.05) is 24.7 Å². The summed E-state index contributed by atoms with van der Waals surface area (Å²) < 4.78 is 7.06. The highest BCUT2D eigenvalue weighted by atomic mass is 16.6. The minimum absolute atomic E-state index is 0.0444. The zero-order valence-corrected chi connectivity index (χ0v) is 15.9. The van der Waals surface area contributed by atoms with Crippen LogP contribution in [-0.2, 0) is 15.1 Å². The molecule has 3 aliphatic heterocycles. The molecule has 4 nitrogen and oxygen atoms in total. The summed E-state index contributed by atoms with van der Waals surface area (Å²) in [7, 11) is 2.26. The van der Waals surface area contributed by atoms with Crippen LogP contribution in [0.1, 0.15) is 50.5 Å². The van der Waals surface area contributed by atoms with Gasteiger partial charge in [-0.25, -0.2) is 4.79 Å². The fourth-order valence-electron chi connectivity index (χ4n) is 5.44. The predicted octanol–water partition coefficient (Wildman–Crippen LogP) is 3.24. The summed E-state index contributed by atoms with van der Waals surface area (Å²) in [6.45, 7) is 3.26. The number of nitrogens with zero attached hydrogens (tertiary/aromatic N) is 1. The molecule has 4 fully saturated rings. The number of carbonyl (C=O) groups is 1. The Morgan fingerprint density at radius 2 is 1.73 bits per heavy atom. The van der Waals surface area contributed by atoms with Gasteiger partial charge in [0.15, 0.2) is 11.7 Å². The number of rotatable bonds is 4. The van der Waals surface area contributed by atoms with E-state index < -0.39 is 11.6 Å². The summed E-state index contributed by atoms with van der Waals surface area (Å²) in [5, 5.41) is 11.7. The van der Waals surface area contributed by atoms with E-state index in [0.29, 0.717) is 11.5 Å². The molecule has 1 saturated carbocycles. The van der Waals surface area contributed by atoms with Gasteiger partial charge in [0.1, 0.15) is 6.54 Å². The second kappa shape index (κ2) is 6.97. The topological polar surface area (TPSA) is 46.5 Å². The number of ether oxygens (including phenoxy) is 1. The number of esters is 1. The molecule has 142 valence electrons. The molecule has 2 bridgehead atoms. The van der Waals surface area contributed by atoms with Gasteiger partial charge in [0.2, 0.25) is 0 Å². The van der Waals surface area contributed by atoms with Gasteiger partial charge in [-0.2, -0.15) is 0 Å². The van der Waals surface area contributed by atoms with Gasteiger partial charge in [-0.05, 0) is 18.4 Å². The Balaban J connectivity index is 1.58. The fourth-order valence-corrected chi connectivity index (χ4v) is 5.44. The highest BCUT2D eigenvalue weighted by molar-refractivity contribution is 5.81. The van der Waals surface area contributed by atoms with Crippen LogP contribution in [0.3, 0.4) is 0 Å². The molecule has 4 aliphatic rings. The number of hydrogen-bond acceptors (Lipinski definition) is 3. The first-order chi connectivity index (χ1) is 12.5. The molecule has 0 amide bonds. The number of fused-ring (bicyclic) bond motifs is 3. The minimum Gasteiger partial charge on any atom is -0.454 e. The molecule has 0 radical (unpaired) electrons. The van der Waals surface area contributed by atoms with Crippen molar-refractivity contribution in [2.45, 2.75) is 56.7 Å².